The largest absolute Gasteiger partial charge is 0.375 e. The molecule has 2 N–H and O–H groups in total. The van der Waals surface area contributed by atoms with Crippen LogP contribution < -0.4 is 15.5 Å². The Morgan fingerprint density at radius 1 is 1.12 bits per heavy atom. The maximum atomic E-state index is 5.63. The molecule has 7 nitrogen and oxygen atoms in total. The zero-order chi connectivity index (χ0) is 22.2. The van der Waals surface area contributed by atoms with Gasteiger partial charge in [-0.25, -0.2) is 4.98 Å². The number of anilines is 1. The molecule has 180 valence electrons. The molecule has 2 aliphatic rings. The van der Waals surface area contributed by atoms with Crippen molar-refractivity contribution in [1.29, 1.82) is 0 Å². The predicted molar refractivity (Wildman–Crippen MR) is 145 cm³/mol. The number of rotatable bonds is 7. The minimum Gasteiger partial charge on any atom is -0.375 e. The first-order chi connectivity index (χ1) is 15.7. The van der Waals surface area contributed by atoms with E-state index in [1.54, 1.807) is 0 Å². The molecular weight excluding hydrogens is 527 g/mol. The number of hydrogen-bond donors (Lipinski definition) is 2. The van der Waals surface area contributed by atoms with Gasteiger partial charge in [-0.05, 0) is 50.0 Å². The molecule has 2 atom stereocenters. The van der Waals surface area contributed by atoms with Crippen molar-refractivity contribution in [3.8, 4) is 0 Å². The average molecular weight is 565 g/mol. The second kappa shape index (κ2) is 13.1. The normalized spacial score (nSPS) is 20.2. The smallest absolute Gasteiger partial charge is 0.191 e. The van der Waals surface area contributed by atoms with Gasteiger partial charge in [0, 0.05) is 39.4 Å². The van der Waals surface area contributed by atoms with Crippen LogP contribution in [0.15, 0.2) is 53.7 Å². The number of nitrogens with one attached hydrogen (secondary N) is 2. The summed E-state index contributed by atoms with van der Waals surface area (Å²) in [4.78, 5) is 14.0. The number of nitrogens with zero attached hydrogens (tertiary/aromatic N) is 4. The number of aromatic nitrogens is 1. The molecule has 2 fully saturated rings. The fraction of sp³-hybridized carbons (Fsp3) is 0.520. The number of aliphatic imine (C=N–C) groups is 1. The van der Waals surface area contributed by atoms with Gasteiger partial charge in [0.05, 0.1) is 18.8 Å². The number of likely N-dealkylation sites (tertiary alicyclic amines) is 1. The monoisotopic (exact) mass is 564 g/mol. The van der Waals surface area contributed by atoms with Gasteiger partial charge in [0.2, 0.25) is 0 Å². The summed E-state index contributed by atoms with van der Waals surface area (Å²) in [6, 6.07) is 15.4. The molecule has 0 saturated carbocycles. The standard InChI is InChI=1S/C25H36N6O.HI/c1-20-19-31(14-15-32-20)24-11-10-21(16-27-24)17-28-25(26-2)29-18-23(30-12-6-7-13-30)22-8-4-3-5-9-22;/h3-5,8-11,16,20,23H,6-7,12-15,17-19H2,1-2H3,(H2,26,28,29);1H. The van der Waals surface area contributed by atoms with Gasteiger partial charge in [-0.1, -0.05) is 36.4 Å². The molecule has 0 spiro atoms. The molecule has 1 aromatic carbocycles. The molecule has 0 bridgehead atoms. The number of halogens is 1. The second-order valence-corrected chi connectivity index (χ2v) is 8.63. The molecule has 3 heterocycles. The van der Waals surface area contributed by atoms with E-state index in [-0.39, 0.29) is 30.1 Å². The summed E-state index contributed by atoms with van der Waals surface area (Å²) < 4.78 is 5.63. The molecule has 0 aliphatic carbocycles. The predicted octanol–water partition coefficient (Wildman–Crippen LogP) is 3.43. The molecule has 33 heavy (non-hydrogen) atoms. The number of morpholine rings is 1. The summed E-state index contributed by atoms with van der Waals surface area (Å²) in [5.74, 6) is 1.83. The van der Waals surface area contributed by atoms with Crippen LogP contribution in [0.5, 0.6) is 0 Å². The molecule has 2 unspecified atom stereocenters. The highest BCUT2D eigenvalue weighted by atomic mass is 127. The maximum Gasteiger partial charge on any atom is 0.191 e. The number of pyridine rings is 1. The van der Waals surface area contributed by atoms with Crippen molar-refractivity contribution in [2.45, 2.75) is 38.5 Å². The van der Waals surface area contributed by atoms with E-state index in [1.807, 2.05) is 13.2 Å². The Kier molecular flexibility index (Phi) is 10.2. The van der Waals surface area contributed by atoms with Crippen molar-refractivity contribution in [2.24, 2.45) is 4.99 Å². The Bertz CT molecular complexity index is 857. The van der Waals surface area contributed by atoms with E-state index < -0.39 is 0 Å². The summed E-state index contributed by atoms with van der Waals surface area (Å²) in [6.45, 7) is 8.49. The number of ether oxygens (including phenoxy) is 1. The van der Waals surface area contributed by atoms with E-state index in [1.165, 1.54) is 18.4 Å². The van der Waals surface area contributed by atoms with Crippen molar-refractivity contribution >= 4 is 35.8 Å². The van der Waals surface area contributed by atoms with E-state index in [2.05, 4.69) is 79.8 Å². The van der Waals surface area contributed by atoms with E-state index in [0.717, 1.165) is 56.7 Å². The topological polar surface area (TPSA) is 65.0 Å². The Hall–Kier alpha value is -1.91. The van der Waals surface area contributed by atoms with Gasteiger partial charge in [0.1, 0.15) is 5.82 Å². The third kappa shape index (κ3) is 7.28. The third-order valence-electron chi connectivity index (χ3n) is 6.29. The lowest BCUT2D eigenvalue weighted by molar-refractivity contribution is 0.0529. The fourth-order valence-corrected chi connectivity index (χ4v) is 4.52. The van der Waals surface area contributed by atoms with Gasteiger partial charge in [-0.2, -0.15) is 0 Å². The van der Waals surface area contributed by atoms with E-state index in [4.69, 9.17) is 4.74 Å². The van der Waals surface area contributed by atoms with Crippen molar-refractivity contribution in [3.05, 3.63) is 59.8 Å². The Balaban J connectivity index is 0.00000306. The van der Waals surface area contributed by atoms with Crippen molar-refractivity contribution < 1.29 is 4.74 Å². The Morgan fingerprint density at radius 2 is 1.91 bits per heavy atom. The molecule has 1 aromatic heterocycles. The van der Waals surface area contributed by atoms with Gasteiger partial charge in [-0.3, -0.25) is 9.89 Å². The lowest BCUT2D eigenvalue weighted by Gasteiger charge is -2.32. The third-order valence-corrected chi connectivity index (χ3v) is 6.29. The van der Waals surface area contributed by atoms with Crippen LogP contribution in [0.25, 0.3) is 0 Å². The lowest BCUT2D eigenvalue weighted by Crippen LogP contribution is -2.42. The Labute approximate surface area is 215 Å². The zero-order valence-electron chi connectivity index (χ0n) is 19.7. The van der Waals surface area contributed by atoms with Crippen LogP contribution in [0.1, 0.15) is 36.9 Å². The van der Waals surface area contributed by atoms with E-state index in [9.17, 15) is 0 Å². The number of hydrogen-bond acceptors (Lipinski definition) is 5. The molecule has 2 aromatic rings. The highest BCUT2D eigenvalue weighted by molar-refractivity contribution is 14.0. The minimum atomic E-state index is 0. The average Bonchev–Trinajstić information content (AvgIpc) is 3.37. The first-order valence-electron chi connectivity index (χ1n) is 11.8. The summed E-state index contributed by atoms with van der Waals surface area (Å²) in [5, 5.41) is 6.97. The summed E-state index contributed by atoms with van der Waals surface area (Å²) in [7, 11) is 1.82. The minimum absolute atomic E-state index is 0. The molecule has 8 heteroatoms. The SMILES string of the molecule is CN=C(NCc1ccc(N2CCOC(C)C2)nc1)NCC(c1ccccc1)N1CCCC1.I. The Morgan fingerprint density at radius 3 is 2.58 bits per heavy atom. The molecular formula is C25H37IN6O. The van der Waals surface area contributed by atoms with Gasteiger partial charge >= 0.3 is 0 Å². The highest BCUT2D eigenvalue weighted by Crippen LogP contribution is 2.24. The first-order valence-corrected chi connectivity index (χ1v) is 11.8. The van der Waals surface area contributed by atoms with Crippen LogP contribution in [0.3, 0.4) is 0 Å². The number of guanidine groups is 1. The summed E-state index contributed by atoms with van der Waals surface area (Å²) >= 11 is 0. The van der Waals surface area contributed by atoms with Crippen LogP contribution in [0, 0.1) is 0 Å². The van der Waals surface area contributed by atoms with Gasteiger partial charge < -0.3 is 20.3 Å². The van der Waals surface area contributed by atoms with E-state index >= 15 is 0 Å². The molecule has 0 radical (unpaired) electrons. The maximum absolute atomic E-state index is 5.63. The van der Waals surface area contributed by atoms with Crippen LogP contribution in [-0.4, -0.2) is 68.3 Å². The van der Waals surface area contributed by atoms with E-state index in [0.29, 0.717) is 12.6 Å². The van der Waals surface area contributed by atoms with Crippen molar-refractivity contribution in [3.63, 3.8) is 0 Å². The van der Waals surface area contributed by atoms with Crippen LogP contribution in [0.2, 0.25) is 0 Å². The fourth-order valence-electron chi connectivity index (χ4n) is 4.52. The lowest BCUT2D eigenvalue weighted by atomic mass is 10.1. The van der Waals surface area contributed by atoms with Gasteiger partial charge in [0.25, 0.3) is 0 Å². The molecule has 2 saturated heterocycles. The second-order valence-electron chi connectivity index (χ2n) is 8.63. The number of benzene rings is 1. The first kappa shape index (κ1) is 25.7. The zero-order valence-corrected chi connectivity index (χ0v) is 22.1. The van der Waals surface area contributed by atoms with Crippen molar-refractivity contribution in [1.82, 2.24) is 20.5 Å². The highest BCUT2D eigenvalue weighted by Gasteiger charge is 2.23. The molecule has 2 aliphatic heterocycles. The van der Waals surface area contributed by atoms with Crippen LogP contribution in [0.4, 0.5) is 5.82 Å². The van der Waals surface area contributed by atoms with Crippen LogP contribution in [-0.2, 0) is 11.3 Å². The summed E-state index contributed by atoms with van der Waals surface area (Å²) in [6.07, 6.45) is 4.76. The van der Waals surface area contributed by atoms with Crippen molar-refractivity contribution in [2.75, 3.05) is 51.3 Å². The quantitative estimate of drug-likeness (QED) is 0.306. The van der Waals surface area contributed by atoms with Gasteiger partial charge in [0.15, 0.2) is 5.96 Å². The molecule has 4 rings (SSSR count). The molecule has 0 amide bonds. The summed E-state index contributed by atoms with van der Waals surface area (Å²) in [5.41, 5.74) is 2.49. The van der Waals surface area contributed by atoms with Gasteiger partial charge in [-0.15, -0.1) is 24.0 Å². The van der Waals surface area contributed by atoms with Crippen LogP contribution >= 0.6 is 24.0 Å².